The summed E-state index contributed by atoms with van der Waals surface area (Å²) < 4.78 is 25.8. The molecule has 0 heterocycles. The summed E-state index contributed by atoms with van der Waals surface area (Å²) in [7, 11) is -1.28. The van der Waals surface area contributed by atoms with Crippen molar-refractivity contribution in [2.75, 3.05) is 14.2 Å². The summed E-state index contributed by atoms with van der Waals surface area (Å²) in [4.78, 5) is 17.1. The largest absolute Gasteiger partial charge is 0.348 e. The third-order valence-corrected chi connectivity index (χ3v) is 5.74. The maximum atomic E-state index is 12.4. The number of amides is 1. The molecule has 128 valence electrons. The van der Waals surface area contributed by atoms with Gasteiger partial charge in [-0.25, -0.2) is 8.42 Å². The molecule has 0 aromatic heterocycles. The fourth-order valence-corrected chi connectivity index (χ4v) is 3.39. The van der Waals surface area contributed by atoms with Gasteiger partial charge < -0.3 is 5.32 Å². The van der Waals surface area contributed by atoms with Gasteiger partial charge in [0.05, 0.1) is 17.6 Å². The predicted octanol–water partition coefficient (Wildman–Crippen LogP) is 2.56. The number of hydrogen-bond acceptors (Lipinski definition) is 4. The highest BCUT2D eigenvalue weighted by Gasteiger charge is 2.23. The zero-order valence-corrected chi connectivity index (χ0v) is 15.6. The van der Waals surface area contributed by atoms with Gasteiger partial charge in [0.1, 0.15) is 0 Å². The van der Waals surface area contributed by atoms with E-state index < -0.39 is 10.0 Å². The van der Waals surface area contributed by atoms with E-state index in [1.807, 2.05) is 30.3 Å². The summed E-state index contributed by atoms with van der Waals surface area (Å²) >= 11 is 3.28. The molecule has 1 amide bonds. The highest BCUT2D eigenvalue weighted by Crippen LogP contribution is 2.23. The van der Waals surface area contributed by atoms with Gasteiger partial charge >= 0.3 is 0 Å². The highest BCUT2D eigenvalue weighted by atomic mass is 79.9. The molecule has 0 unspecified atom stereocenters. The Balaban J connectivity index is 2.24. The van der Waals surface area contributed by atoms with E-state index in [1.54, 1.807) is 0 Å². The molecule has 8 heteroatoms. The van der Waals surface area contributed by atoms with Gasteiger partial charge in [0.15, 0.2) is 0 Å². The van der Waals surface area contributed by atoms with Gasteiger partial charge in [-0.15, -0.1) is 0 Å². The Morgan fingerprint density at radius 2 is 1.88 bits per heavy atom. The van der Waals surface area contributed by atoms with Gasteiger partial charge in [0, 0.05) is 18.1 Å². The molecule has 6 nitrogen and oxygen atoms in total. The first-order valence-electron chi connectivity index (χ1n) is 7.01. The lowest BCUT2D eigenvalue weighted by Gasteiger charge is -2.15. The van der Waals surface area contributed by atoms with Gasteiger partial charge in [0.2, 0.25) is 0 Å². The monoisotopic (exact) mass is 412 g/mol. The van der Waals surface area contributed by atoms with E-state index in [-0.39, 0.29) is 16.4 Å². The van der Waals surface area contributed by atoms with Gasteiger partial charge in [-0.1, -0.05) is 34.8 Å². The van der Waals surface area contributed by atoms with Crippen molar-refractivity contribution in [3.63, 3.8) is 0 Å². The molecule has 2 rings (SSSR count). The van der Waals surface area contributed by atoms with E-state index in [0.717, 1.165) is 10.0 Å². The van der Waals surface area contributed by atoms with Gasteiger partial charge in [-0.05, 0) is 39.7 Å². The van der Waals surface area contributed by atoms with E-state index in [2.05, 4.69) is 21.2 Å². The summed E-state index contributed by atoms with van der Waals surface area (Å²) in [6, 6.07) is 13.7. The van der Waals surface area contributed by atoms with Crippen molar-refractivity contribution >= 4 is 31.9 Å². The van der Waals surface area contributed by atoms with Crippen LogP contribution in [-0.4, -0.2) is 33.0 Å². The van der Waals surface area contributed by atoms with Crippen LogP contribution in [0.25, 0.3) is 0 Å². The molecule has 0 aliphatic rings. The van der Waals surface area contributed by atoms with Crippen molar-refractivity contribution in [3.05, 3.63) is 64.1 Å². The zero-order valence-electron chi connectivity index (χ0n) is 13.2. The first kappa shape index (κ1) is 18.6. The number of nitrogens with zero attached hydrogens (tertiary/aromatic N) is 1. The summed E-state index contributed by atoms with van der Waals surface area (Å²) in [5.41, 5.74) is 1.18. The van der Waals surface area contributed by atoms with Crippen molar-refractivity contribution in [1.82, 2.24) is 9.79 Å². The van der Waals surface area contributed by atoms with Crippen molar-refractivity contribution < 1.29 is 18.0 Å². The minimum absolute atomic E-state index is 0.0279. The molecule has 0 saturated heterocycles. The second-order valence-electron chi connectivity index (χ2n) is 4.91. The second-order valence-corrected chi connectivity index (χ2v) is 7.70. The Hall–Kier alpha value is -1.74. The summed E-state index contributed by atoms with van der Waals surface area (Å²) in [5.74, 6) is -0.372. The molecule has 0 spiro atoms. The van der Waals surface area contributed by atoms with Crippen molar-refractivity contribution in [1.29, 1.82) is 0 Å². The normalized spacial score (nSPS) is 11.5. The molecule has 2 aromatic carbocycles. The minimum atomic E-state index is -3.82. The molecular formula is C16H17BrN2O4S. The van der Waals surface area contributed by atoms with E-state index in [4.69, 9.17) is 4.84 Å². The molecule has 2 aromatic rings. The number of halogens is 1. The summed E-state index contributed by atoms with van der Waals surface area (Å²) in [6.07, 6.45) is 0. The summed E-state index contributed by atoms with van der Waals surface area (Å²) in [5, 5.41) is 2.77. The first-order chi connectivity index (χ1) is 11.4. The van der Waals surface area contributed by atoms with Crippen LogP contribution in [0.5, 0.6) is 0 Å². The molecular weight excluding hydrogens is 396 g/mol. The third-order valence-electron chi connectivity index (χ3n) is 3.37. The fraction of sp³-hybridized carbons (Fsp3) is 0.188. The fourth-order valence-electron chi connectivity index (χ4n) is 1.96. The maximum Gasteiger partial charge on any atom is 0.264 e. The number of nitrogens with one attached hydrogen (secondary N) is 1. The van der Waals surface area contributed by atoms with Crippen LogP contribution in [0.1, 0.15) is 15.9 Å². The smallest absolute Gasteiger partial charge is 0.264 e. The summed E-state index contributed by atoms with van der Waals surface area (Å²) in [6.45, 7) is 0.348. The third kappa shape index (κ3) is 4.21. The number of carbonyl (C=O) groups excluding carboxylic acids is 1. The van der Waals surface area contributed by atoms with Crippen molar-refractivity contribution in [2.24, 2.45) is 0 Å². The molecule has 0 fully saturated rings. The Labute approximate surface area is 149 Å². The molecule has 0 aliphatic carbocycles. The minimum Gasteiger partial charge on any atom is -0.348 e. The Kier molecular flexibility index (Phi) is 6.11. The number of hydroxylamine groups is 1. The molecule has 1 N–H and O–H groups in total. The van der Waals surface area contributed by atoms with Crippen LogP contribution in [0.15, 0.2) is 57.9 Å². The Morgan fingerprint density at radius 1 is 1.21 bits per heavy atom. The maximum absolute atomic E-state index is 12.4. The van der Waals surface area contributed by atoms with Crippen molar-refractivity contribution in [3.8, 4) is 0 Å². The lowest BCUT2D eigenvalue weighted by atomic mass is 10.2. The highest BCUT2D eigenvalue weighted by molar-refractivity contribution is 9.10. The van der Waals surface area contributed by atoms with Crippen molar-refractivity contribution in [2.45, 2.75) is 11.4 Å². The predicted molar refractivity (Wildman–Crippen MR) is 93.7 cm³/mol. The quantitative estimate of drug-likeness (QED) is 0.739. The number of benzene rings is 2. The number of rotatable bonds is 6. The molecule has 24 heavy (non-hydrogen) atoms. The lowest BCUT2D eigenvalue weighted by Crippen LogP contribution is -2.27. The molecule has 0 aliphatic heterocycles. The van der Waals surface area contributed by atoms with Crippen LogP contribution in [-0.2, 0) is 21.4 Å². The van der Waals surface area contributed by atoms with Crippen LogP contribution >= 0.6 is 15.9 Å². The standard InChI is InChI=1S/C16H17BrN2O4S/c1-19(23-2)24(21,22)13-8-9-15(17)14(10-13)16(20)18-11-12-6-4-3-5-7-12/h3-10H,11H2,1-2H3,(H,18,20). The average molecular weight is 413 g/mol. The Morgan fingerprint density at radius 3 is 2.50 bits per heavy atom. The van der Waals surface area contributed by atoms with E-state index in [1.165, 1.54) is 32.4 Å². The van der Waals surface area contributed by atoms with Gasteiger partial charge in [-0.2, -0.15) is 0 Å². The topological polar surface area (TPSA) is 75.7 Å². The molecule has 0 atom stereocenters. The van der Waals surface area contributed by atoms with Crippen LogP contribution in [0.2, 0.25) is 0 Å². The molecule has 0 radical (unpaired) electrons. The van der Waals surface area contributed by atoms with Crippen LogP contribution in [0.4, 0.5) is 0 Å². The SMILES string of the molecule is CON(C)S(=O)(=O)c1ccc(Br)c(C(=O)NCc2ccccc2)c1. The number of sulfonamides is 1. The average Bonchev–Trinajstić information content (AvgIpc) is 2.60. The zero-order chi connectivity index (χ0) is 17.7. The van der Waals surface area contributed by atoms with Crippen LogP contribution in [0.3, 0.4) is 0 Å². The second kappa shape index (κ2) is 7.89. The molecule has 0 saturated carbocycles. The van der Waals surface area contributed by atoms with E-state index >= 15 is 0 Å². The first-order valence-corrected chi connectivity index (χ1v) is 9.24. The van der Waals surface area contributed by atoms with Crippen LogP contribution in [0, 0.1) is 0 Å². The molecule has 0 bridgehead atoms. The lowest BCUT2D eigenvalue weighted by molar-refractivity contribution is -0.0258. The van der Waals surface area contributed by atoms with E-state index in [0.29, 0.717) is 11.0 Å². The Bertz CT molecular complexity index is 825. The van der Waals surface area contributed by atoms with E-state index in [9.17, 15) is 13.2 Å². The van der Waals surface area contributed by atoms with Gasteiger partial charge in [-0.3, -0.25) is 9.63 Å². The number of hydrogen-bond donors (Lipinski definition) is 1. The number of carbonyl (C=O) groups is 1. The van der Waals surface area contributed by atoms with Crippen LogP contribution < -0.4 is 5.32 Å². The van der Waals surface area contributed by atoms with Gasteiger partial charge in [0.25, 0.3) is 15.9 Å².